The summed E-state index contributed by atoms with van der Waals surface area (Å²) in [5, 5.41) is 6.23. The fraction of sp³-hybridized carbons (Fsp3) is 0.111. The summed E-state index contributed by atoms with van der Waals surface area (Å²) in [5.41, 5.74) is 0.550. The highest BCUT2D eigenvalue weighted by molar-refractivity contribution is 7.13. The van der Waals surface area contributed by atoms with Crippen LogP contribution in [0.3, 0.4) is 0 Å². The summed E-state index contributed by atoms with van der Waals surface area (Å²) in [6.07, 6.45) is 1.59. The van der Waals surface area contributed by atoms with Crippen molar-refractivity contribution < 1.29 is 4.79 Å². The molecule has 2 aromatic heterocycles. The third kappa shape index (κ3) is 1.47. The number of aromatic nitrogens is 2. The van der Waals surface area contributed by atoms with E-state index in [2.05, 4.69) is 5.10 Å². The highest BCUT2D eigenvalue weighted by Gasteiger charge is 2.16. The smallest absolute Gasteiger partial charge is 0.222 e. The van der Waals surface area contributed by atoms with Gasteiger partial charge < -0.3 is 0 Å². The molecule has 14 heavy (non-hydrogen) atoms. The van der Waals surface area contributed by atoms with Crippen LogP contribution in [-0.2, 0) is 7.05 Å². The summed E-state index contributed by atoms with van der Waals surface area (Å²) in [5.74, 6) is -0.0787. The molecule has 0 N–H and O–H groups in total. The van der Waals surface area contributed by atoms with E-state index in [1.807, 2.05) is 0 Å². The minimum Gasteiger partial charge on any atom is -0.286 e. The largest absolute Gasteiger partial charge is 0.286 e. The van der Waals surface area contributed by atoms with E-state index >= 15 is 0 Å². The second kappa shape index (κ2) is 3.55. The van der Waals surface area contributed by atoms with Crippen LogP contribution in [0.2, 0.25) is 5.02 Å². The van der Waals surface area contributed by atoms with E-state index < -0.39 is 0 Å². The molecule has 72 valence electrons. The zero-order valence-corrected chi connectivity index (χ0v) is 8.97. The number of thiophene rings is 1. The summed E-state index contributed by atoms with van der Waals surface area (Å²) in [6.45, 7) is 0. The van der Waals surface area contributed by atoms with Crippen molar-refractivity contribution in [1.29, 1.82) is 0 Å². The maximum absolute atomic E-state index is 11.9. The summed E-state index contributed by atoms with van der Waals surface area (Å²) in [6, 6.07) is 3.40. The molecule has 2 heterocycles. The number of carbonyl (C=O) groups is 1. The number of hydrogen-bond donors (Lipinski definition) is 0. The van der Waals surface area contributed by atoms with Gasteiger partial charge in [0.15, 0.2) is 0 Å². The minimum absolute atomic E-state index is 0.0787. The Morgan fingerprint density at radius 2 is 2.36 bits per heavy atom. The van der Waals surface area contributed by atoms with Gasteiger partial charge in [0.25, 0.3) is 0 Å². The first-order valence-corrected chi connectivity index (χ1v) is 5.21. The second-order valence-corrected chi connectivity index (χ2v) is 4.09. The van der Waals surface area contributed by atoms with Crippen molar-refractivity contribution in [3.8, 4) is 0 Å². The zero-order chi connectivity index (χ0) is 10.1. The van der Waals surface area contributed by atoms with Crippen LogP contribution in [0.15, 0.2) is 23.7 Å². The summed E-state index contributed by atoms with van der Waals surface area (Å²) in [4.78, 5) is 12.4. The van der Waals surface area contributed by atoms with Gasteiger partial charge in [0.1, 0.15) is 5.69 Å². The van der Waals surface area contributed by atoms with E-state index in [0.29, 0.717) is 15.6 Å². The van der Waals surface area contributed by atoms with E-state index in [1.165, 1.54) is 11.3 Å². The van der Waals surface area contributed by atoms with Crippen molar-refractivity contribution >= 4 is 28.7 Å². The number of aryl methyl sites for hydroxylation is 1. The van der Waals surface area contributed by atoms with Crippen molar-refractivity contribution in [1.82, 2.24) is 9.78 Å². The fourth-order valence-corrected chi connectivity index (χ4v) is 2.26. The maximum atomic E-state index is 11.9. The Morgan fingerprint density at radius 3 is 2.86 bits per heavy atom. The molecule has 0 radical (unpaired) electrons. The molecule has 0 saturated heterocycles. The van der Waals surface area contributed by atoms with Crippen LogP contribution < -0.4 is 0 Å². The lowest BCUT2D eigenvalue weighted by atomic mass is 10.2. The molecule has 3 nitrogen and oxygen atoms in total. The van der Waals surface area contributed by atoms with Crippen molar-refractivity contribution in [3.63, 3.8) is 0 Å². The summed E-state index contributed by atoms with van der Waals surface area (Å²) in [7, 11) is 1.73. The van der Waals surface area contributed by atoms with Gasteiger partial charge >= 0.3 is 0 Å². The quantitative estimate of drug-likeness (QED) is 0.737. The van der Waals surface area contributed by atoms with Crippen LogP contribution in [0.1, 0.15) is 15.4 Å². The molecule has 0 saturated carbocycles. The number of nitrogens with zero attached hydrogens (tertiary/aromatic N) is 2. The predicted molar refractivity (Wildman–Crippen MR) is 56.0 cm³/mol. The number of ketones is 1. The molecule has 2 rings (SSSR count). The van der Waals surface area contributed by atoms with Crippen LogP contribution >= 0.6 is 22.9 Å². The Hall–Kier alpha value is -1.13. The molecule has 0 unspecified atom stereocenters. The lowest BCUT2D eigenvalue weighted by molar-refractivity contribution is 0.103. The average Bonchev–Trinajstić information content (AvgIpc) is 2.73. The van der Waals surface area contributed by atoms with Gasteiger partial charge in [0, 0.05) is 13.2 Å². The lowest BCUT2D eigenvalue weighted by Crippen LogP contribution is -2.06. The van der Waals surface area contributed by atoms with Gasteiger partial charge in [-0.2, -0.15) is 5.10 Å². The van der Waals surface area contributed by atoms with Crippen molar-refractivity contribution in [2.75, 3.05) is 0 Å². The molecule has 0 spiro atoms. The van der Waals surface area contributed by atoms with Crippen molar-refractivity contribution in [2.24, 2.45) is 7.05 Å². The molecule has 0 fully saturated rings. The standard InChI is InChI=1S/C9H7ClN2OS/c1-12-7(2-4-11-12)8(13)9-6(10)3-5-14-9/h2-5H,1H3. The third-order valence-electron chi connectivity index (χ3n) is 1.88. The molecule has 0 aliphatic heterocycles. The van der Waals surface area contributed by atoms with Crippen molar-refractivity contribution in [3.05, 3.63) is 39.3 Å². The second-order valence-electron chi connectivity index (χ2n) is 2.77. The number of carbonyl (C=O) groups excluding carboxylic acids is 1. The average molecular weight is 227 g/mol. The van der Waals surface area contributed by atoms with E-state index in [4.69, 9.17) is 11.6 Å². The van der Waals surface area contributed by atoms with Gasteiger partial charge in [-0.05, 0) is 17.5 Å². The molecule has 5 heteroatoms. The molecule has 0 aromatic carbocycles. The first-order valence-electron chi connectivity index (χ1n) is 3.96. The molecule has 0 atom stereocenters. The van der Waals surface area contributed by atoms with Crippen LogP contribution in [0.5, 0.6) is 0 Å². The van der Waals surface area contributed by atoms with Gasteiger partial charge in [-0.3, -0.25) is 9.48 Å². The Bertz CT molecular complexity index is 432. The lowest BCUT2D eigenvalue weighted by Gasteiger charge is -1.98. The highest BCUT2D eigenvalue weighted by Crippen LogP contribution is 2.24. The number of halogens is 1. The molecule has 0 bridgehead atoms. The monoisotopic (exact) mass is 226 g/mol. The predicted octanol–water partition coefficient (Wildman–Crippen LogP) is 2.37. The van der Waals surface area contributed by atoms with Gasteiger partial charge in [0.2, 0.25) is 5.78 Å². The third-order valence-corrected chi connectivity index (χ3v) is 3.22. The molecule has 2 aromatic rings. The molecule has 0 amide bonds. The number of hydrogen-bond acceptors (Lipinski definition) is 3. The van der Waals surface area contributed by atoms with E-state index in [9.17, 15) is 4.79 Å². The normalized spacial score (nSPS) is 10.4. The maximum Gasteiger partial charge on any atom is 0.222 e. The Morgan fingerprint density at radius 1 is 1.57 bits per heavy atom. The van der Waals surface area contributed by atoms with Crippen molar-refractivity contribution in [2.45, 2.75) is 0 Å². The molecule has 0 aliphatic rings. The fourth-order valence-electron chi connectivity index (χ4n) is 1.17. The van der Waals surface area contributed by atoms with E-state index in [1.54, 1.807) is 35.4 Å². The van der Waals surface area contributed by atoms with E-state index in [0.717, 1.165) is 0 Å². The topological polar surface area (TPSA) is 34.9 Å². The van der Waals surface area contributed by atoms with Gasteiger partial charge in [-0.25, -0.2) is 0 Å². The SMILES string of the molecule is Cn1nccc1C(=O)c1sccc1Cl. The zero-order valence-electron chi connectivity index (χ0n) is 7.40. The van der Waals surface area contributed by atoms with Gasteiger partial charge in [-0.1, -0.05) is 11.6 Å². The van der Waals surface area contributed by atoms with Crippen LogP contribution in [0.25, 0.3) is 0 Å². The molecular weight excluding hydrogens is 220 g/mol. The highest BCUT2D eigenvalue weighted by atomic mass is 35.5. The first kappa shape index (κ1) is 9.43. The van der Waals surface area contributed by atoms with Gasteiger partial charge in [0.05, 0.1) is 9.90 Å². The van der Waals surface area contributed by atoms with E-state index in [-0.39, 0.29) is 5.78 Å². The Labute approximate surface area is 89.9 Å². The molecule has 0 aliphatic carbocycles. The Kier molecular flexibility index (Phi) is 2.39. The first-order chi connectivity index (χ1) is 6.70. The van der Waals surface area contributed by atoms with Crippen LogP contribution in [0, 0.1) is 0 Å². The number of rotatable bonds is 2. The summed E-state index contributed by atoms with van der Waals surface area (Å²) < 4.78 is 1.54. The molecular formula is C9H7ClN2OS. The minimum atomic E-state index is -0.0787. The van der Waals surface area contributed by atoms with Gasteiger partial charge in [-0.15, -0.1) is 11.3 Å². The summed E-state index contributed by atoms with van der Waals surface area (Å²) >= 11 is 7.21. The van der Waals surface area contributed by atoms with Crippen LogP contribution in [0.4, 0.5) is 0 Å². The van der Waals surface area contributed by atoms with Crippen LogP contribution in [-0.4, -0.2) is 15.6 Å². The Balaban J connectivity index is 2.44.